The maximum Gasteiger partial charge on any atom is 0.338 e. The van der Waals surface area contributed by atoms with E-state index in [1.54, 1.807) is 60.7 Å². The molecule has 0 saturated heterocycles. The minimum atomic E-state index is -0.508. The summed E-state index contributed by atoms with van der Waals surface area (Å²) in [4.78, 5) is 38.0. The van der Waals surface area contributed by atoms with Crippen molar-refractivity contribution < 1.29 is 33.5 Å². The molecule has 5 aromatic rings. The number of nitro benzene ring substituents is 1. The summed E-state index contributed by atoms with van der Waals surface area (Å²) in [7, 11) is 0. The van der Waals surface area contributed by atoms with Gasteiger partial charge < -0.3 is 23.8 Å². The van der Waals surface area contributed by atoms with Crippen molar-refractivity contribution in [3.05, 3.63) is 142 Å². The molecule has 0 bridgehead atoms. The van der Waals surface area contributed by atoms with Crippen LogP contribution in [0.3, 0.4) is 0 Å². The number of non-ortho nitro benzene ring substituents is 1. The largest absolute Gasteiger partial charge is 0.481 e. The Kier molecular flexibility index (Phi) is 14.8. The van der Waals surface area contributed by atoms with Crippen LogP contribution in [0.25, 0.3) is 0 Å². The number of rotatable bonds is 18. The highest BCUT2D eigenvalue weighted by Gasteiger charge is 2.14. The van der Waals surface area contributed by atoms with Crippen LogP contribution in [0.5, 0.6) is 11.5 Å². The van der Waals surface area contributed by atoms with Crippen LogP contribution in [0, 0.1) is 48.6 Å². The van der Waals surface area contributed by atoms with E-state index >= 15 is 0 Å². The fourth-order valence-corrected chi connectivity index (χ4v) is 5.40. The van der Waals surface area contributed by atoms with Gasteiger partial charge in [-0.15, -0.1) is 12.8 Å². The normalized spacial score (nSPS) is 10.8. The molecular weight excluding hydrogens is 741 g/mol. The molecule has 14 nitrogen and oxygen atoms in total. The van der Waals surface area contributed by atoms with Gasteiger partial charge in [0.1, 0.15) is 37.9 Å². The van der Waals surface area contributed by atoms with E-state index in [-0.39, 0.29) is 32.1 Å². The highest BCUT2D eigenvalue weighted by atomic mass is 16.6. The van der Waals surface area contributed by atoms with Crippen LogP contribution in [-0.4, -0.2) is 56.4 Å². The molecule has 0 radical (unpaired) electrons. The Morgan fingerprint density at radius 2 is 1.07 bits per heavy atom. The molecule has 292 valence electrons. The Hall–Kier alpha value is -7.84. The van der Waals surface area contributed by atoms with Crippen LogP contribution in [0.2, 0.25) is 0 Å². The molecule has 14 heteroatoms. The Morgan fingerprint density at radius 1 is 0.638 bits per heavy atom. The second-order valence-corrected chi connectivity index (χ2v) is 12.4. The summed E-state index contributed by atoms with van der Waals surface area (Å²) in [5, 5.41) is 28.3. The Labute approximate surface area is 335 Å². The average molecular weight is 779 g/mol. The molecule has 0 fully saturated rings. The van der Waals surface area contributed by atoms with Gasteiger partial charge in [0.05, 0.1) is 51.9 Å². The number of esters is 2. The third-order valence-corrected chi connectivity index (χ3v) is 8.31. The van der Waals surface area contributed by atoms with E-state index in [1.807, 2.05) is 43.0 Å². The van der Waals surface area contributed by atoms with Gasteiger partial charge in [0, 0.05) is 17.8 Å². The summed E-state index contributed by atoms with van der Waals surface area (Å²) in [5.41, 5.74) is 5.44. The highest BCUT2D eigenvalue weighted by molar-refractivity contribution is 5.90. The van der Waals surface area contributed by atoms with Crippen molar-refractivity contribution in [3.8, 4) is 36.2 Å². The van der Waals surface area contributed by atoms with Gasteiger partial charge in [-0.3, -0.25) is 10.1 Å². The topological polar surface area (TPSA) is 167 Å². The lowest BCUT2D eigenvalue weighted by Gasteiger charge is -2.24. The maximum absolute atomic E-state index is 12.8. The average Bonchev–Trinajstić information content (AvgIpc) is 3.24. The second kappa shape index (κ2) is 20.7. The van der Waals surface area contributed by atoms with E-state index in [1.165, 1.54) is 24.3 Å². The molecule has 0 aliphatic heterocycles. The highest BCUT2D eigenvalue weighted by Crippen LogP contribution is 2.32. The number of carbonyl (C=O) groups is 2. The van der Waals surface area contributed by atoms with Crippen LogP contribution in [0.15, 0.2) is 130 Å². The van der Waals surface area contributed by atoms with E-state index in [0.717, 1.165) is 16.8 Å². The number of nitro groups is 1. The van der Waals surface area contributed by atoms with Gasteiger partial charge in [-0.1, -0.05) is 11.8 Å². The Morgan fingerprint density at radius 3 is 1.52 bits per heavy atom. The zero-order valence-electron chi connectivity index (χ0n) is 31.7. The predicted molar refractivity (Wildman–Crippen MR) is 218 cm³/mol. The summed E-state index contributed by atoms with van der Waals surface area (Å²) in [6.07, 6.45) is 10.5. The van der Waals surface area contributed by atoms with Crippen molar-refractivity contribution in [1.82, 2.24) is 0 Å². The first kappa shape index (κ1) is 41.3. The number of terminal acetylenes is 2. The first-order chi connectivity index (χ1) is 28.1. The number of hydrogen-bond acceptors (Lipinski definition) is 13. The van der Waals surface area contributed by atoms with Gasteiger partial charge in [0.25, 0.3) is 5.69 Å². The zero-order chi connectivity index (χ0) is 41.3. The summed E-state index contributed by atoms with van der Waals surface area (Å²) < 4.78 is 21.9. The van der Waals surface area contributed by atoms with Gasteiger partial charge in [-0.2, -0.15) is 20.5 Å². The first-order valence-electron chi connectivity index (χ1n) is 17.8. The van der Waals surface area contributed by atoms with Gasteiger partial charge >= 0.3 is 11.9 Å². The Balaban J connectivity index is 1.23. The number of anilines is 1. The fourth-order valence-electron chi connectivity index (χ4n) is 5.40. The summed E-state index contributed by atoms with van der Waals surface area (Å²) in [6.45, 7) is 4.68. The molecular formula is C44H38N6O8. The standard InChI is InChI=1S/C44H38N6O8/c1-5-25-55-40-19-7-33(8-20-40)43(51)57-27-23-49(24-28-58-44(52)34-9-21-41(22-10-34)56-26-6-2)38-15-11-35(12-16-38)45-47-37-29-31(3)42(32(4)30-37)48-46-36-13-17-39(18-14-36)50(53)54/h1-2,7-22,29-30H,23-28H2,3-4H3. The van der Waals surface area contributed by atoms with E-state index in [2.05, 4.69) is 32.3 Å². The van der Waals surface area contributed by atoms with Crippen molar-refractivity contribution in [2.45, 2.75) is 13.8 Å². The zero-order valence-corrected chi connectivity index (χ0v) is 31.7. The minimum absolute atomic E-state index is 0.0240. The third kappa shape index (κ3) is 12.1. The number of azo groups is 2. The Bertz CT molecular complexity index is 2240. The van der Waals surface area contributed by atoms with E-state index in [0.29, 0.717) is 58.5 Å². The van der Waals surface area contributed by atoms with Crippen LogP contribution in [-0.2, 0) is 9.47 Å². The van der Waals surface area contributed by atoms with Crippen LogP contribution in [0.4, 0.5) is 34.1 Å². The minimum Gasteiger partial charge on any atom is -0.481 e. The second-order valence-electron chi connectivity index (χ2n) is 12.4. The lowest BCUT2D eigenvalue weighted by atomic mass is 10.1. The van der Waals surface area contributed by atoms with Gasteiger partial charge in [0.15, 0.2) is 0 Å². The number of carbonyl (C=O) groups excluding carboxylic acids is 2. The molecule has 0 aliphatic carbocycles. The van der Waals surface area contributed by atoms with E-state index in [4.69, 9.17) is 31.8 Å². The van der Waals surface area contributed by atoms with Gasteiger partial charge in [0.2, 0.25) is 0 Å². The molecule has 0 atom stereocenters. The number of benzene rings is 5. The number of ether oxygens (including phenoxy) is 4. The fraction of sp³-hybridized carbons (Fsp3) is 0.182. The number of aryl methyl sites for hydroxylation is 2. The molecule has 5 aromatic carbocycles. The molecule has 0 saturated carbocycles. The van der Waals surface area contributed by atoms with E-state index in [9.17, 15) is 19.7 Å². The molecule has 5 rings (SSSR count). The van der Waals surface area contributed by atoms with Crippen LogP contribution in [0.1, 0.15) is 31.8 Å². The first-order valence-corrected chi connectivity index (χ1v) is 17.8. The molecule has 0 N–H and O–H groups in total. The SMILES string of the molecule is C#CCOc1ccc(C(=O)OCCN(CCOC(=O)c2ccc(OCC#C)cc2)c2ccc(N=Nc3cc(C)c(N=Nc4ccc([N+](=O)[O-])cc4)c(C)c3)cc2)cc1. The lowest BCUT2D eigenvalue weighted by molar-refractivity contribution is -0.384. The molecule has 0 unspecified atom stereocenters. The molecule has 0 aliphatic rings. The molecule has 0 aromatic heterocycles. The van der Waals surface area contributed by atoms with Crippen LogP contribution < -0.4 is 14.4 Å². The molecule has 58 heavy (non-hydrogen) atoms. The van der Waals surface area contributed by atoms with Crippen molar-refractivity contribution in [2.24, 2.45) is 20.5 Å². The molecule has 0 heterocycles. The van der Waals surface area contributed by atoms with Crippen molar-refractivity contribution in [2.75, 3.05) is 44.4 Å². The maximum atomic E-state index is 12.8. The van der Waals surface area contributed by atoms with Crippen molar-refractivity contribution in [3.63, 3.8) is 0 Å². The predicted octanol–water partition coefficient (Wildman–Crippen LogP) is 9.59. The lowest BCUT2D eigenvalue weighted by Crippen LogP contribution is -2.32. The quantitative estimate of drug-likeness (QED) is 0.0277. The molecule has 0 spiro atoms. The monoisotopic (exact) mass is 778 g/mol. The summed E-state index contributed by atoms with van der Waals surface area (Å²) >= 11 is 0. The van der Waals surface area contributed by atoms with E-state index < -0.39 is 16.9 Å². The summed E-state index contributed by atoms with van der Waals surface area (Å²) in [5.74, 6) is 4.84. The number of hydrogen-bond donors (Lipinski definition) is 0. The van der Waals surface area contributed by atoms with Crippen molar-refractivity contribution >= 4 is 46.1 Å². The summed E-state index contributed by atoms with van der Waals surface area (Å²) in [6, 6.07) is 29.7. The smallest absolute Gasteiger partial charge is 0.338 e. The third-order valence-electron chi connectivity index (χ3n) is 8.31. The van der Waals surface area contributed by atoms with Crippen molar-refractivity contribution in [1.29, 1.82) is 0 Å². The van der Waals surface area contributed by atoms with Gasteiger partial charge in [-0.05, 0) is 122 Å². The van der Waals surface area contributed by atoms with Crippen LogP contribution >= 0.6 is 0 Å². The molecule has 0 amide bonds. The van der Waals surface area contributed by atoms with Gasteiger partial charge in [-0.25, -0.2) is 9.59 Å². The number of nitrogens with zero attached hydrogens (tertiary/aromatic N) is 6.